The highest BCUT2D eigenvalue weighted by Gasteiger charge is 2.14. The Morgan fingerprint density at radius 2 is 1.81 bits per heavy atom. The van der Waals surface area contributed by atoms with E-state index >= 15 is 0 Å². The van der Waals surface area contributed by atoms with Crippen molar-refractivity contribution in [2.45, 2.75) is 33.7 Å². The van der Waals surface area contributed by atoms with Crippen LogP contribution in [0.25, 0.3) is 22.6 Å². The predicted octanol–water partition coefficient (Wildman–Crippen LogP) is 4.63. The molecule has 0 aliphatic rings. The van der Waals surface area contributed by atoms with Gasteiger partial charge in [0.15, 0.2) is 5.65 Å². The monoisotopic (exact) mass is 425 g/mol. The molecule has 0 aliphatic carbocycles. The Balaban J connectivity index is 1.41. The van der Waals surface area contributed by atoms with Gasteiger partial charge in [-0.1, -0.05) is 31.2 Å². The van der Waals surface area contributed by atoms with Gasteiger partial charge in [0.2, 0.25) is 5.82 Å². The normalized spacial score (nSPS) is 11.2. The fourth-order valence-electron chi connectivity index (χ4n) is 3.87. The lowest BCUT2D eigenvalue weighted by Crippen LogP contribution is -2.05. The van der Waals surface area contributed by atoms with Crippen LogP contribution in [-0.2, 0) is 13.0 Å². The highest BCUT2D eigenvalue weighted by molar-refractivity contribution is 5.76. The largest absolute Gasteiger partial charge is 0.457 e. The number of pyridine rings is 1. The number of hydrogen-bond donors (Lipinski definition) is 1. The molecule has 0 amide bonds. The summed E-state index contributed by atoms with van der Waals surface area (Å²) in [7, 11) is 0. The molecule has 0 unspecified atom stereocenters. The number of imidazole rings is 1. The first-order valence-electron chi connectivity index (χ1n) is 10.6. The molecule has 0 spiro atoms. The second-order valence-corrected chi connectivity index (χ2v) is 7.70. The third-order valence-corrected chi connectivity index (χ3v) is 5.38. The first-order valence-corrected chi connectivity index (χ1v) is 10.6. The molecule has 5 aromatic rings. The van der Waals surface area contributed by atoms with Crippen molar-refractivity contribution in [1.82, 2.24) is 35.2 Å². The van der Waals surface area contributed by atoms with Crippen LogP contribution in [0.5, 0.6) is 11.5 Å². The van der Waals surface area contributed by atoms with E-state index in [2.05, 4.69) is 57.2 Å². The highest BCUT2D eigenvalue weighted by Crippen LogP contribution is 2.31. The van der Waals surface area contributed by atoms with Gasteiger partial charge in [0.1, 0.15) is 22.8 Å². The lowest BCUT2D eigenvalue weighted by molar-refractivity contribution is 0.483. The summed E-state index contributed by atoms with van der Waals surface area (Å²) in [5.41, 5.74) is 6.00. The maximum atomic E-state index is 6.12. The minimum Gasteiger partial charge on any atom is -0.457 e. The molecule has 0 bridgehead atoms. The third kappa shape index (κ3) is 3.71. The number of aryl methyl sites for hydroxylation is 3. The number of H-pyrrole nitrogens is 1. The smallest absolute Gasteiger partial charge is 0.208 e. The van der Waals surface area contributed by atoms with Crippen LogP contribution in [0.2, 0.25) is 0 Å². The van der Waals surface area contributed by atoms with Gasteiger partial charge in [0.05, 0.1) is 12.1 Å². The van der Waals surface area contributed by atoms with Crippen LogP contribution in [0.4, 0.5) is 0 Å². The number of para-hydroxylation sites is 1. The van der Waals surface area contributed by atoms with E-state index in [4.69, 9.17) is 14.7 Å². The summed E-state index contributed by atoms with van der Waals surface area (Å²) >= 11 is 0. The van der Waals surface area contributed by atoms with E-state index in [1.54, 1.807) is 0 Å². The average molecular weight is 425 g/mol. The number of nitrogens with zero attached hydrogens (tertiary/aromatic N) is 6. The lowest BCUT2D eigenvalue weighted by atomic mass is 10.2. The summed E-state index contributed by atoms with van der Waals surface area (Å²) in [6.45, 7) is 6.94. The predicted molar refractivity (Wildman–Crippen MR) is 122 cm³/mol. The Morgan fingerprint density at radius 1 is 1.00 bits per heavy atom. The van der Waals surface area contributed by atoms with Gasteiger partial charge in [-0.15, -0.1) is 10.2 Å². The molecule has 3 heterocycles. The first kappa shape index (κ1) is 19.9. The van der Waals surface area contributed by atoms with E-state index in [0.717, 1.165) is 51.5 Å². The molecule has 32 heavy (non-hydrogen) atoms. The second-order valence-electron chi connectivity index (χ2n) is 7.70. The van der Waals surface area contributed by atoms with E-state index in [1.165, 1.54) is 0 Å². The maximum absolute atomic E-state index is 6.12. The molecule has 5 rings (SSSR count). The van der Waals surface area contributed by atoms with E-state index in [0.29, 0.717) is 18.1 Å². The number of aromatic nitrogens is 7. The first-order chi connectivity index (χ1) is 15.6. The van der Waals surface area contributed by atoms with Crippen molar-refractivity contribution >= 4 is 11.2 Å². The third-order valence-electron chi connectivity index (χ3n) is 5.38. The van der Waals surface area contributed by atoms with Gasteiger partial charge in [0, 0.05) is 12.1 Å². The van der Waals surface area contributed by atoms with Crippen LogP contribution in [0.1, 0.15) is 29.6 Å². The molecule has 8 nitrogen and oxygen atoms in total. The summed E-state index contributed by atoms with van der Waals surface area (Å²) in [6, 6.07) is 17.8. The number of fused-ring (bicyclic) bond motifs is 1. The lowest BCUT2D eigenvalue weighted by Gasteiger charge is -2.11. The van der Waals surface area contributed by atoms with Crippen LogP contribution in [0.3, 0.4) is 0 Å². The SMILES string of the molecule is CCc1nc2c(C)cc(C)nc2n1Cc1ccc(Oc2ccccc2-c2nn[nH]n2)cc1. The minimum absolute atomic E-state index is 0.495. The van der Waals surface area contributed by atoms with Gasteiger partial charge in [-0.3, -0.25) is 0 Å². The molecule has 1 N–H and O–H groups in total. The van der Waals surface area contributed by atoms with Crippen molar-refractivity contribution in [3.05, 3.63) is 77.2 Å². The topological polar surface area (TPSA) is 94.4 Å². The molecule has 0 saturated heterocycles. The number of aromatic amines is 1. The second kappa shape index (κ2) is 8.22. The van der Waals surface area contributed by atoms with Gasteiger partial charge < -0.3 is 9.30 Å². The van der Waals surface area contributed by atoms with E-state index in [-0.39, 0.29) is 0 Å². The molecule has 0 aliphatic heterocycles. The van der Waals surface area contributed by atoms with Crippen LogP contribution in [-0.4, -0.2) is 35.2 Å². The van der Waals surface area contributed by atoms with Gasteiger partial charge in [-0.25, -0.2) is 9.97 Å². The Morgan fingerprint density at radius 3 is 2.56 bits per heavy atom. The van der Waals surface area contributed by atoms with Crippen LogP contribution in [0, 0.1) is 13.8 Å². The molecular weight excluding hydrogens is 402 g/mol. The van der Waals surface area contributed by atoms with Gasteiger partial charge >= 0.3 is 0 Å². The van der Waals surface area contributed by atoms with E-state index in [9.17, 15) is 0 Å². The molecule has 2 aromatic carbocycles. The Kier molecular flexibility index (Phi) is 5.10. The van der Waals surface area contributed by atoms with Crippen molar-refractivity contribution in [2.24, 2.45) is 0 Å². The quantitative estimate of drug-likeness (QED) is 0.426. The highest BCUT2D eigenvalue weighted by atomic mass is 16.5. The molecule has 160 valence electrons. The zero-order valence-electron chi connectivity index (χ0n) is 18.2. The molecule has 8 heteroatoms. The van der Waals surface area contributed by atoms with Crippen LogP contribution < -0.4 is 4.74 Å². The number of nitrogens with one attached hydrogen (secondary N) is 1. The van der Waals surface area contributed by atoms with Gasteiger partial charge in [0.25, 0.3) is 0 Å². The number of benzene rings is 2. The molecule has 0 saturated carbocycles. The van der Waals surface area contributed by atoms with E-state index in [1.807, 2.05) is 43.3 Å². The van der Waals surface area contributed by atoms with Gasteiger partial charge in [-0.2, -0.15) is 5.21 Å². The average Bonchev–Trinajstić information content (AvgIpc) is 3.44. The summed E-state index contributed by atoms with van der Waals surface area (Å²) < 4.78 is 8.32. The van der Waals surface area contributed by atoms with E-state index < -0.39 is 0 Å². The van der Waals surface area contributed by atoms with Crippen molar-refractivity contribution in [2.75, 3.05) is 0 Å². The zero-order chi connectivity index (χ0) is 22.1. The van der Waals surface area contributed by atoms with Gasteiger partial charge in [-0.05, 0) is 60.5 Å². The maximum Gasteiger partial charge on any atom is 0.208 e. The fourth-order valence-corrected chi connectivity index (χ4v) is 3.87. The molecular formula is C24H23N7O. The molecule has 0 radical (unpaired) electrons. The van der Waals surface area contributed by atoms with Crippen molar-refractivity contribution in [1.29, 1.82) is 0 Å². The molecule has 0 fully saturated rings. The van der Waals surface area contributed by atoms with Crippen LogP contribution in [0.15, 0.2) is 54.6 Å². The summed E-state index contributed by atoms with van der Waals surface area (Å²) in [4.78, 5) is 9.60. The number of ether oxygens (including phenoxy) is 1. The molecule has 0 atom stereocenters. The zero-order valence-corrected chi connectivity index (χ0v) is 18.2. The van der Waals surface area contributed by atoms with Crippen LogP contribution >= 0.6 is 0 Å². The number of rotatable bonds is 6. The standard InChI is InChI=1S/C24H23N7O/c1-4-21-26-22-15(2)13-16(3)25-24(22)31(21)14-17-9-11-18(12-10-17)32-20-8-6-5-7-19(20)23-27-29-30-28-23/h5-13H,4,14H2,1-3H3,(H,27,28,29,30). The summed E-state index contributed by atoms with van der Waals surface area (Å²) in [5.74, 6) is 2.94. The van der Waals surface area contributed by atoms with Crippen molar-refractivity contribution in [3.63, 3.8) is 0 Å². The summed E-state index contributed by atoms with van der Waals surface area (Å²) in [5, 5.41) is 14.2. The number of tetrazole rings is 1. The minimum atomic E-state index is 0.495. The molecule has 3 aromatic heterocycles. The van der Waals surface area contributed by atoms with Crippen molar-refractivity contribution < 1.29 is 4.74 Å². The number of hydrogen-bond acceptors (Lipinski definition) is 6. The fraction of sp³-hybridized carbons (Fsp3) is 0.208. The summed E-state index contributed by atoms with van der Waals surface area (Å²) in [6.07, 6.45) is 0.850. The van der Waals surface area contributed by atoms with Crippen molar-refractivity contribution in [3.8, 4) is 22.9 Å². The Hall–Kier alpha value is -4.07. The Labute approximate surface area is 185 Å². The Bertz CT molecular complexity index is 1370.